The highest BCUT2D eigenvalue weighted by molar-refractivity contribution is 5.84. The van der Waals surface area contributed by atoms with Crippen molar-refractivity contribution in [1.82, 2.24) is 34.9 Å². The highest BCUT2D eigenvalue weighted by Gasteiger charge is 2.28. The van der Waals surface area contributed by atoms with Gasteiger partial charge in [0, 0.05) is 13.2 Å². The van der Waals surface area contributed by atoms with Crippen molar-refractivity contribution < 1.29 is 17.9 Å². The van der Waals surface area contributed by atoms with E-state index in [0.717, 1.165) is 24.5 Å². The number of hydrogen-bond acceptors (Lipinski definition) is 7. The van der Waals surface area contributed by atoms with Gasteiger partial charge in [0.15, 0.2) is 5.65 Å². The number of aryl methyl sites for hydroxylation is 1. The Morgan fingerprint density at radius 3 is 2.67 bits per heavy atom. The van der Waals surface area contributed by atoms with Crippen LogP contribution in [0.2, 0.25) is 0 Å². The molecule has 0 fully saturated rings. The molecule has 0 radical (unpaired) electrons. The molecule has 10 nitrogen and oxygen atoms in total. The zero-order chi connectivity index (χ0) is 21.4. The predicted molar refractivity (Wildman–Crippen MR) is 96.5 cm³/mol. The SMILES string of the molecule is Cn1nc(O[C@H](c2ccc(F)cn2)C(F)F)c2cc(-c3c[nH]c(=O)[nH]c3=O)nnc21. The number of fused-ring (bicyclic) bond motifs is 1. The minimum Gasteiger partial charge on any atom is -0.460 e. The third-order valence-corrected chi connectivity index (χ3v) is 4.16. The van der Waals surface area contributed by atoms with Crippen molar-refractivity contribution in [2.24, 2.45) is 7.05 Å². The Kier molecular flexibility index (Phi) is 4.77. The molecule has 0 amide bonds. The number of H-pyrrole nitrogens is 2. The zero-order valence-electron chi connectivity index (χ0n) is 15.1. The van der Waals surface area contributed by atoms with Crippen LogP contribution in [0.4, 0.5) is 13.2 Å². The summed E-state index contributed by atoms with van der Waals surface area (Å²) in [6.07, 6.45) is -2.86. The number of rotatable bonds is 5. The summed E-state index contributed by atoms with van der Waals surface area (Å²) in [5.74, 6) is -0.887. The normalized spacial score (nSPS) is 12.4. The summed E-state index contributed by atoms with van der Waals surface area (Å²) < 4.78 is 47.0. The summed E-state index contributed by atoms with van der Waals surface area (Å²) in [5.41, 5.74) is -1.33. The molecule has 1 atom stereocenters. The van der Waals surface area contributed by atoms with E-state index in [1.54, 1.807) is 0 Å². The quantitative estimate of drug-likeness (QED) is 0.499. The van der Waals surface area contributed by atoms with Crippen LogP contribution in [-0.4, -0.2) is 41.4 Å². The van der Waals surface area contributed by atoms with Gasteiger partial charge in [-0.15, -0.1) is 15.3 Å². The van der Waals surface area contributed by atoms with Gasteiger partial charge in [-0.1, -0.05) is 0 Å². The molecule has 0 aliphatic carbocycles. The maximum Gasteiger partial charge on any atom is 0.325 e. The van der Waals surface area contributed by atoms with Crippen LogP contribution >= 0.6 is 0 Å². The van der Waals surface area contributed by atoms with E-state index in [9.17, 15) is 22.8 Å². The summed E-state index contributed by atoms with van der Waals surface area (Å²) in [7, 11) is 1.50. The molecule has 0 aromatic carbocycles. The second kappa shape index (κ2) is 7.42. The van der Waals surface area contributed by atoms with Gasteiger partial charge in [0.2, 0.25) is 12.0 Å². The van der Waals surface area contributed by atoms with Crippen molar-refractivity contribution in [1.29, 1.82) is 0 Å². The smallest absolute Gasteiger partial charge is 0.325 e. The fourth-order valence-electron chi connectivity index (χ4n) is 2.75. The van der Waals surface area contributed by atoms with Crippen LogP contribution in [0.5, 0.6) is 5.88 Å². The molecule has 0 unspecified atom stereocenters. The number of nitrogens with one attached hydrogen (secondary N) is 2. The fourth-order valence-corrected chi connectivity index (χ4v) is 2.75. The van der Waals surface area contributed by atoms with Gasteiger partial charge >= 0.3 is 5.69 Å². The van der Waals surface area contributed by atoms with Gasteiger partial charge in [0.1, 0.15) is 11.5 Å². The van der Waals surface area contributed by atoms with E-state index < -0.39 is 29.6 Å². The summed E-state index contributed by atoms with van der Waals surface area (Å²) >= 11 is 0. The molecule has 154 valence electrons. The van der Waals surface area contributed by atoms with Crippen LogP contribution in [0.25, 0.3) is 22.3 Å². The number of aromatic nitrogens is 7. The molecule has 4 heterocycles. The lowest BCUT2D eigenvalue weighted by molar-refractivity contribution is 0.00605. The zero-order valence-corrected chi connectivity index (χ0v) is 15.1. The highest BCUT2D eigenvalue weighted by Crippen LogP contribution is 2.31. The van der Waals surface area contributed by atoms with Crippen molar-refractivity contribution in [3.63, 3.8) is 0 Å². The minimum atomic E-state index is -2.99. The first kappa shape index (κ1) is 19.3. The number of pyridine rings is 1. The Morgan fingerprint density at radius 2 is 2.00 bits per heavy atom. The first-order valence-corrected chi connectivity index (χ1v) is 8.42. The Bertz CT molecular complexity index is 1330. The molecule has 0 bridgehead atoms. The Balaban J connectivity index is 1.79. The maximum atomic E-state index is 13.6. The number of aromatic amines is 2. The molecule has 4 aromatic heterocycles. The third kappa shape index (κ3) is 3.52. The molecule has 0 aliphatic heterocycles. The molecule has 0 spiro atoms. The van der Waals surface area contributed by atoms with Crippen molar-refractivity contribution in [3.8, 4) is 17.1 Å². The van der Waals surface area contributed by atoms with Crippen LogP contribution in [0.3, 0.4) is 0 Å². The van der Waals surface area contributed by atoms with Crippen LogP contribution in [0, 0.1) is 5.82 Å². The molecule has 2 N–H and O–H groups in total. The molecule has 0 saturated carbocycles. The van der Waals surface area contributed by atoms with Crippen LogP contribution in [0.1, 0.15) is 11.8 Å². The molecule has 13 heteroatoms. The van der Waals surface area contributed by atoms with E-state index in [1.807, 2.05) is 0 Å². The summed E-state index contributed by atoms with van der Waals surface area (Å²) in [5, 5.41) is 12.1. The second-order valence-corrected chi connectivity index (χ2v) is 6.16. The fraction of sp³-hybridized carbons (Fsp3) is 0.176. The van der Waals surface area contributed by atoms with Crippen molar-refractivity contribution in [3.05, 3.63) is 62.9 Å². The molecule has 4 rings (SSSR count). The van der Waals surface area contributed by atoms with E-state index in [4.69, 9.17) is 4.74 Å². The monoisotopic (exact) mass is 419 g/mol. The summed E-state index contributed by atoms with van der Waals surface area (Å²) in [6, 6.07) is 3.44. The topological polar surface area (TPSA) is 131 Å². The van der Waals surface area contributed by atoms with Gasteiger partial charge in [0.25, 0.3) is 12.0 Å². The molecular weight excluding hydrogens is 407 g/mol. The van der Waals surface area contributed by atoms with E-state index in [-0.39, 0.29) is 33.9 Å². The molecule has 30 heavy (non-hydrogen) atoms. The average Bonchev–Trinajstić information content (AvgIpc) is 3.02. The van der Waals surface area contributed by atoms with Crippen LogP contribution in [0.15, 0.2) is 40.2 Å². The third-order valence-electron chi connectivity index (χ3n) is 4.16. The second-order valence-electron chi connectivity index (χ2n) is 6.16. The highest BCUT2D eigenvalue weighted by atomic mass is 19.3. The predicted octanol–water partition coefficient (Wildman–Crippen LogP) is 1.33. The van der Waals surface area contributed by atoms with Gasteiger partial charge < -0.3 is 9.72 Å². The molecule has 0 saturated heterocycles. The Hall–Kier alpha value is -4.03. The van der Waals surface area contributed by atoms with E-state index in [2.05, 4.69) is 30.2 Å². The average molecular weight is 419 g/mol. The largest absolute Gasteiger partial charge is 0.460 e. The standard InChI is InChI=1S/C17H12F3N7O3/c1-27-14-8(4-11(24-25-14)9-6-22-17(29)23-15(9)28)16(26-27)30-12(13(19)20)10-3-2-7(18)5-21-10/h2-6,12-13H,1H3,(H2,22,23,28,29)/t12-/m1/s1. The summed E-state index contributed by atoms with van der Waals surface area (Å²) in [6.45, 7) is 0. The lowest BCUT2D eigenvalue weighted by atomic mass is 10.2. The van der Waals surface area contributed by atoms with E-state index in [1.165, 1.54) is 17.8 Å². The number of hydrogen-bond donors (Lipinski definition) is 2. The van der Waals surface area contributed by atoms with Gasteiger partial charge in [-0.05, 0) is 18.2 Å². The van der Waals surface area contributed by atoms with Crippen molar-refractivity contribution in [2.75, 3.05) is 0 Å². The maximum absolute atomic E-state index is 13.6. The Morgan fingerprint density at radius 1 is 1.20 bits per heavy atom. The number of alkyl halides is 2. The molecular formula is C17H12F3N7O3. The minimum absolute atomic E-state index is 0.00409. The number of ether oxygens (including phenoxy) is 1. The molecule has 0 aliphatic rings. The Labute approximate surface area is 164 Å². The van der Waals surface area contributed by atoms with Crippen LogP contribution in [-0.2, 0) is 7.05 Å². The van der Waals surface area contributed by atoms with Gasteiger partial charge in [-0.3, -0.25) is 14.8 Å². The van der Waals surface area contributed by atoms with Crippen molar-refractivity contribution >= 4 is 11.0 Å². The summed E-state index contributed by atoms with van der Waals surface area (Å²) in [4.78, 5) is 31.2. The van der Waals surface area contributed by atoms with Gasteiger partial charge in [-0.2, -0.15) is 0 Å². The van der Waals surface area contributed by atoms with Crippen molar-refractivity contribution in [2.45, 2.75) is 12.5 Å². The van der Waals surface area contributed by atoms with E-state index >= 15 is 0 Å². The van der Waals surface area contributed by atoms with Gasteiger partial charge in [-0.25, -0.2) is 22.6 Å². The lowest BCUT2D eigenvalue weighted by Gasteiger charge is -2.16. The van der Waals surface area contributed by atoms with E-state index in [0.29, 0.717) is 0 Å². The van der Waals surface area contributed by atoms with Gasteiger partial charge in [0.05, 0.1) is 22.8 Å². The first-order valence-electron chi connectivity index (χ1n) is 8.42. The molecule has 4 aromatic rings. The number of nitrogens with zero attached hydrogens (tertiary/aromatic N) is 5. The van der Waals surface area contributed by atoms with Crippen LogP contribution < -0.4 is 16.0 Å². The number of halogens is 3. The lowest BCUT2D eigenvalue weighted by Crippen LogP contribution is -2.22. The first-order chi connectivity index (χ1) is 14.3.